The standard InChI is InChI=1S/C16H20BrF2NO3/c1-11(2)22-9-3-8-20-15(21)7-4-12-10-13(17)5-6-14(12)23-16(18)19/h4-7,10-11,16H,3,8-9H2,1-2H3,(H,20,21)/b7-4+. The molecule has 0 aromatic heterocycles. The number of halogens is 3. The Balaban J connectivity index is 2.52. The fraction of sp³-hybridized carbons (Fsp3) is 0.438. The van der Waals surface area contributed by atoms with Crippen LogP contribution in [0.4, 0.5) is 8.78 Å². The van der Waals surface area contributed by atoms with Crippen LogP contribution >= 0.6 is 15.9 Å². The topological polar surface area (TPSA) is 47.6 Å². The Morgan fingerprint density at radius 2 is 2.13 bits per heavy atom. The Morgan fingerprint density at radius 3 is 2.78 bits per heavy atom. The van der Waals surface area contributed by atoms with Gasteiger partial charge in [-0.3, -0.25) is 4.79 Å². The number of benzene rings is 1. The van der Waals surface area contributed by atoms with Gasteiger partial charge in [0.15, 0.2) is 0 Å². The summed E-state index contributed by atoms with van der Waals surface area (Å²) in [6, 6.07) is 4.60. The van der Waals surface area contributed by atoms with Crippen LogP contribution in [0.15, 0.2) is 28.7 Å². The molecule has 0 bridgehead atoms. The number of hydrogen-bond donors (Lipinski definition) is 1. The average Bonchev–Trinajstić information content (AvgIpc) is 2.46. The highest BCUT2D eigenvalue weighted by molar-refractivity contribution is 9.10. The molecule has 0 spiro atoms. The van der Waals surface area contributed by atoms with Gasteiger partial charge in [-0.15, -0.1) is 0 Å². The van der Waals surface area contributed by atoms with Crippen molar-refractivity contribution in [1.29, 1.82) is 0 Å². The Kier molecular flexibility index (Phi) is 8.79. The first-order valence-corrected chi connectivity index (χ1v) is 7.99. The maximum Gasteiger partial charge on any atom is 0.387 e. The van der Waals surface area contributed by atoms with Gasteiger partial charge in [-0.2, -0.15) is 8.78 Å². The molecule has 0 saturated heterocycles. The highest BCUT2D eigenvalue weighted by atomic mass is 79.9. The van der Waals surface area contributed by atoms with Crippen molar-refractivity contribution < 1.29 is 23.0 Å². The van der Waals surface area contributed by atoms with Gasteiger partial charge in [0.1, 0.15) is 5.75 Å². The number of nitrogens with one attached hydrogen (secondary N) is 1. The predicted molar refractivity (Wildman–Crippen MR) is 88.5 cm³/mol. The molecule has 0 heterocycles. The maximum absolute atomic E-state index is 12.3. The highest BCUT2D eigenvalue weighted by Gasteiger charge is 2.08. The summed E-state index contributed by atoms with van der Waals surface area (Å²) < 4.78 is 35.2. The lowest BCUT2D eigenvalue weighted by molar-refractivity contribution is -0.116. The fourth-order valence-electron chi connectivity index (χ4n) is 1.68. The SMILES string of the molecule is CC(C)OCCCNC(=O)/C=C/c1cc(Br)ccc1OC(F)F. The molecule has 0 aliphatic heterocycles. The van der Waals surface area contributed by atoms with Gasteiger partial charge >= 0.3 is 6.61 Å². The normalized spacial score (nSPS) is 11.4. The summed E-state index contributed by atoms with van der Waals surface area (Å²) in [4.78, 5) is 11.7. The molecule has 1 aromatic carbocycles. The van der Waals surface area contributed by atoms with E-state index in [4.69, 9.17) is 4.74 Å². The minimum atomic E-state index is -2.92. The second kappa shape index (κ2) is 10.3. The van der Waals surface area contributed by atoms with Crippen LogP contribution in [0, 0.1) is 0 Å². The Morgan fingerprint density at radius 1 is 1.39 bits per heavy atom. The summed E-state index contributed by atoms with van der Waals surface area (Å²) in [6.45, 7) is 2.02. The Hall–Kier alpha value is -1.47. The number of rotatable bonds is 9. The number of ether oxygens (including phenoxy) is 2. The fourth-order valence-corrected chi connectivity index (χ4v) is 2.06. The van der Waals surface area contributed by atoms with E-state index in [0.717, 1.165) is 0 Å². The van der Waals surface area contributed by atoms with Gasteiger partial charge in [0.2, 0.25) is 5.91 Å². The summed E-state index contributed by atoms with van der Waals surface area (Å²) in [7, 11) is 0. The van der Waals surface area contributed by atoms with Crippen molar-refractivity contribution in [3.63, 3.8) is 0 Å². The number of alkyl halides is 2. The quantitative estimate of drug-likeness (QED) is 0.511. The molecule has 1 amide bonds. The summed E-state index contributed by atoms with van der Waals surface area (Å²) in [5.41, 5.74) is 0.387. The van der Waals surface area contributed by atoms with Crippen molar-refractivity contribution >= 4 is 27.9 Å². The van der Waals surface area contributed by atoms with Crippen LogP contribution < -0.4 is 10.1 Å². The molecule has 4 nitrogen and oxygen atoms in total. The van der Waals surface area contributed by atoms with Crippen molar-refractivity contribution in [1.82, 2.24) is 5.32 Å². The largest absolute Gasteiger partial charge is 0.434 e. The van der Waals surface area contributed by atoms with Crippen molar-refractivity contribution in [2.75, 3.05) is 13.2 Å². The van der Waals surface area contributed by atoms with Gasteiger partial charge in [0, 0.05) is 29.3 Å². The van der Waals surface area contributed by atoms with Crippen molar-refractivity contribution in [2.45, 2.75) is 33.0 Å². The lowest BCUT2D eigenvalue weighted by atomic mass is 10.2. The summed E-state index contributed by atoms with van der Waals surface area (Å²) in [6.07, 6.45) is 3.58. The van der Waals surface area contributed by atoms with Crippen LogP contribution in [0.25, 0.3) is 6.08 Å². The smallest absolute Gasteiger partial charge is 0.387 e. The lowest BCUT2D eigenvalue weighted by Gasteiger charge is -2.08. The molecule has 0 aliphatic rings. The monoisotopic (exact) mass is 391 g/mol. The summed E-state index contributed by atoms with van der Waals surface area (Å²) >= 11 is 3.25. The van der Waals surface area contributed by atoms with Crippen LogP contribution in [0.3, 0.4) is 0 Å². The lowest BCUT2D eigenvalue weighted by Crippen LogP contribution is -2.23. The van der Waals surface area contributed by atoms with Crippen LogP contribution in [-0.4, -0.2) is 31.8 Å². The molecule has 0 radical (unpaired) electrons. The molecular formula is C16H20BrF2NO3. The molecule has 1 N–H and O–H groups in total. The second-order valence-electron chi connectivity index (χ2n) is 4.96. The first-order valence-electron chi connectivity index (χ1n) is 7.20. The Bertz CT molecular complexity index is 536. The average molecular weight is 392 g/mol. The van der Waals surface area contributed by atoms with Gasteiger partial charge in [-0.05, 0) is 44.5 Å². The van der Waals surface area contributed by atoms with Crippen LogP contribution in [0.2, 0.25) is 0 Å². The number of carbonyl (C=O) groups is 1. The molecule has 0 unspecified atom stereocenters. The molecule has 1 aromatic rings. The van der Waals surface area contributed by atoms with E-state index in [1.807, 2.05) is 13.8 Å². The van der Waals surface area contributed by atoms with Crippen LogP contribution in [-0.2, 0) is 9.53 Å². The van der Waals surface area contributed by atoms with Gasteiger partial charge in [-0.1, -0.05) is 15.9 Å². The third-order valence-electron chi connectivity index (χ3n) is 2.67. The maximum atomic E-state index is 12.3. The Labute approximate surface area is 143 Å². The first-order chi connectivity index (χ1) is 10.9. The molecule has 7 heteroatoms. The highest BCUT2D eigenvalue weighted by Crippen LogP contribution is 2.25. The third kappa shape index (κ3) is 8.66. The predicted octanol–water partition coefficient (Wildman–Crippen LogP) is 4.00. The minimum Gasteiger partial charge on any atom is -0.434 e. The molecule has 0 saturated carbocycles. The van der Waals surface area contributed by atoms with Crippen molar-refractivity contribution in [2.24, 2.45) is 0 Å². The summed E-state index contributed by atoms with van der Waals surface area (Å²) in [5.74, 6) is -0.296. The van der Waals surface area contributed by atoms with Gasteiger partial charge in [0.25, 0.3) is 0 Å². The molecule has 0 fully saturated rings. The minimum absolute atomic E-state index is 0.0117. The zero-order valence-corrected chi connectivity index (χ0v) is 14.6. The molecule has 0 atom stereocenters. The van der Waals surface area contributed by atoms with E-state index < -0.39 is 6.61 Å². The second-order valence-corrected chi connectivity index (χ2v) is 5.87. The van der Waals surface area contributed by atoms with Gasteiger partial charge in [0.05, 0.1) is 6.10 Å². The third-order valence-corrected chi connectivity index (χ3v) is 3.17. The van der Waals surface area contributed by atoms with E-state index in [1.165, 1.54) is 18.2 Å². The zero-order chi connectivity index (χ0) is 17.2. The molecule has 23 heavy (non-hydrogen) atoms. The zero-order valence-electron chi connectivity index (χ0n) is 13.0. The number of amides is 1. The van der Waals surface area contributed by atoms with E-state index >= 15 is 0 Å². The van der Waals surface area contributed by atoms with E-state index in [9.17, 15) is 13.6 Å². The van der Waals surface area contributed by atoms with E-state index in [1.54, 1.807) is 12.1 Å². The molecular weight excluding hydrogens is 372 g/mol. The van der Waals surface area contributed by atoms with Crippen molar-refractivity contribution in [3.05, 3.63) is 34.3 Å². The summed E-state index contributed by atoms with van der Waals surface area (Å²) in [5, 5.41) is 2.70. The van der Waals surface area contributed by atoms with Gasteiger partial charge < -0.3 is 14.8 Å². The molecule has 0 aliphatic carbocycles. The number of carbonyl (C=O) groups excluding carboxylic acids is 1. The van der Waals surface area contributed by atoms with E-state index in [2.05, 4.69) is 26.0 Å². The van der Waals surface area contributed by atoms with Crippen LogP contribution in [0.1, 0.15) is 25.8 Å². The number of hydrogen-bond acceptors (Lipinski definition) is 3. The van der Waals surface area contributed by atoms with E-state index in [0.29, 0.717) is 29.6 Å². The van der Waals surface area contributed by atoms with Crippen LogP contribution in [0.5, 0.6) is 5.75 Å². The molecule has 128 valence electrons. The van der Waals surface area contributed by atoms with E-state index in [-0.39, 0.29) is 17.8 Å². The van der Waals surface area contributed by atoms with Gasteiger partial charge in [-0.25, -0.2) is 0 Å². The van der Waals surface area contributed by atoms with Crippen molar-refractivity contribution in [3.8, 4) is 5.75 Å². The first kappa shape index (κ1) is 19.6. The molecule has 1 rings (SSSR count).